The van der Waals surface area contributed by atoms with Gasteiger partial charge in [0.15, 0.2) is 0 Å². The normalized spacial score (nSPS) is 13.7. The van der Waals surface area contributed by atoms with Gasteiger partial charge < -0.3 is 10.1 Å². The highest BCUT2D eigenvalue weighted by atomic mass is 35.5. The van der Waals surface area contributed by atoms with Gasteiger partial charge >= 0.3 is 6.03 Å². The lowest BCUT2D eigenvalue weighted by molar-refractivity contribution is 0.253. The lowest BCUT2D eigenvalue weighted by atomic mass is 10.0. The van der Waals surface area contributed by atoms with Gasteiger partial charge in [-0.15, -0.1) is 0 Å². The molecular weight excluding hydrogens is 396 g/mol. The van der Waals surface area contributed by atoms with E-state index in [4.69, 9.17) is 16.3 Å². The number of hydrogen-bond donors (Lipinski definition) is 1. The van der Waals surface area contributed by atoms with Gasteiger partial charge in [0.2, 0.25) is 0 Å². The van der Waals surface area contributed by atoms with E-state index >= 15 is 0 Å². The average Bonchev–Trinajstić information content (AvgIpc) is 3.56. The molecule has 1 fully saturated rings. The molecule has 0 unspecified atom stereocenters. The molecule has 4 nitrogen and oxygen atoms in total. The van der Waals surface area contributed by atoms with Gasteiger partial charge in [0.25, 0.3) is 0 Å². The fraction of sp³-hybridized carbons (Fsp3) is 0.360. The maximum Gasteiger partial charge on any atom is 0.345 e. The van der Waals surface area contributed by atoms with Crippen molar-refractivity contribution in [3.05, 3.63) is 69.8 Å². The predicted octanol–water partition coefficient (Wildman–Crippen LogP) is 6.66. The number of ether oxygens (including phenoxy) is 1. The average molecular weight is 425 g/mol. The molecule has 2 aromatic rings. The summed E-state index contributed by atoms with van der Waals surface area (Å²) in [7, 11) is 0. The SMILES string of the molecule is CCc1ccc(Cl)c(C(NC(=O)N=C(C)c2ccc(OCC3CC3)cc2)=C(C)C)c1. The first-order chi connectivity index (χ1) is 14.4. The van der Waals surface area contributed by atoms with Crippen molar-refractivity contribution in [2.45, 2.75) is 47.0 Å². The van der Waals surface area contributed by atoms with Crippen LogP contribution in [0.15, 0.2) is 53.0 Å². The number of nitrogens with one attached hydrogen (secondary N) is 1. The monoisotopic (exact) mass is 424 g/mol. The van der Waals surface area contributed by atoms with Crippen LogP contribution in [0, 0.1) is 5.92 Å². The van der Waals surface area contributed by atoms with E-state index in [1.165, 1.54) is 12.8 Å². The zero-order valence-corrected chi connectivity index (χ0v) is 18.8. The third-order valence-electron chi connectivity index (χ3n) is 5.16. The molecule has 0 radical (unpaired) electrons. The largest absolute Gasteiger partial charge is 0.493 e. The van der Waals surface area contributed by atoms with E-state index in [0.29, 0.717) is 22.3 Å². The number of nitrogens with zero attached hydrogens (tertiary/aromatic N) is 1. The highest BCUT2D eigenvalue weighted by Gasteiger charge is 2.21. The smallest absolute Gasteiger partial charge is 0.345 e. The van der Waals surface area contributed by atoms with Gasteiger partial charge in [-0.3, -0.25) is 0 Å². The molecule has 0 spiro atoms. The molecule has 3 rings (SSSR count). The van der Waals surface area contributed by atoms with Crippen LogP contribution < -0.4 is 10.1 Å². The molecule has 5 heteroatoms. The van der Waals surface area contributed by atoms with Gasteiger partial charge in [0, 0.05) is 16.3 Å². The van der Waals surface area contributed by atoms with Crippen LogP contribution in [0.4, 0.5) is 4.79 Å². The second-order valence-corrected chi connectivity index (χ2v) is 8.36. The molecule has 2 aromatic carbocycles. The number of carbonyl (C=O) groups is 1. The van der Waals surface area contributed by atoms with Gasteiger partial charge in [-0.2, -0.15) is 4.99 Å². The first-order valence-electron chi connectivity index (χ1n) is 10.4. The summed E-state index contributed by atoms with van der Waals surface area (Å²) in [5, 5.41) is 3.52. The summed E-state index contributed by atoms with van der Waals surface area (Å²) >= 11 is 6.41. The molecule has 0 aliphatic heterocycles. The van der Waals surface area contributed by atoms with Crippen molar-refractivity contribution in [3.8, 4) is 5.75 Å². The summed E-state index contributed by atoms with van der Waals surface area (Å²) in [6.45, 7) is 8.58. The van der Waals surface area contributed by atoms with E-state index in [-0.39, 0.29) is 0 Å². The molecule has 1 saturated carbocycles. The van der Waals surface area contributed by atoms with Crippen LogP contribution in [0.5, 0.6) is 5.75 Å². The Morgan fingerprint density at radius 2 is 1.83 bits per heavy atom. The Balaban J connectivity index is 1.71. The molecule has 2 amide bonds. The molecule has 0 heterocycles. The van der Waals surface area contributed by atoms with E-state index in [2.05, 4.69) is 17.2 Å². The summed E-state index contributed by atoms with van der Waals surface area (Å²) < 4.78 is 5.77. The van der Waals surface area contributed by atoms with Crippen molar-refractivity contribution in [1.82, 2.24) is 5.32 Å². The van der Waals surface area contributed by atoms with E-state index < -0.39 is 6.03 Å². The Hall–Kier alpha value is -2.59. The van der Waals surface area contributed by atoms with Gasteiger partial charge in [0.05, 0.1) is 12.3 Å². The van der Waals surface area contributed by atoms with Crippen molar-refractivity contribution < 1.29 is 9.53 Å². The third kappa shape index (κ3) is 5.96. The number of carbonyl (C=O) groups excluding carboxylic acids is 1. The fourth-order valence-corrected chi connectivity index (χ4v) is 3.30. The summed E-state index contributed by atoms with van der Waals surface area (Å²) in [5.41, 5.74) is 5.15. The van der Waals surface area contributed by atoms with Gasteiger partial charge in [-0.05, 0) is 93.5 Å². The van der Waals surface area contributed by atoms with Crippen LogP contribution in [-0.4, -0.2) is 18.3 Å². The van der Waals surface area contributed by atoms with E-state index in [1.54, 1.807) is 0 Å². The lowest BCUT2D eigenvalue weighted by Gasteiger charge is -2.14. The van der Waals surface area contributed by atoms with Crippen LogP contribution in [0.1, 0.15) is 57.2 Å². The summed E-state index contributed by atoms with van der Waals surface area (Å²) in [6.07, 6.45) is 3.42. The fourth-order valence-electron chi connectivity index (χ4n) is 3.09. The van der Waals surface area contributed by atoms with E-state index in [1.807, 2.05) is 63.2 Å². The van der Waals surface area contributed by atoms with Crippen LogP contribution in [0.3, 0.4) is 0 Å². The van der Waals surface area contributed by atoms with Crippen LogP contribution >= 0.6 is 11.6 Å². The number of rotatable bonds is 7. The zero-order valence-electron chi connectivity index (χ0n) is 18.1. The Labute approximate surface area is 184 Å². The van der Waals surface area contributed by atoms with Crippen molar-refractivity contribution in [3.63, 3.8) is 0 Å². The number of urea groups is 1. The topological polar surface area (TPSA) is 50.7 Å². The summed E-state index contributed by atoms with van der Waals surface area (Å²) in [5.74, 6) is 1.56. The zero-order chi connectivity index (χ0) is 21.7. The molecule has 30 heavy (non-hydrogen) atoms. The third-order valence-corrected chi connectivity index (χ3v) is 5.49. The molecule has 1 aliphatic rings. The number of aliphatic imine (C=N–C) groups is 1. The maximum atomic E-state index is 12.6. The molecule has 0 bridgehead atoms. The summed E-state index contributed by atoms with van der Waals surface area (Å²) in [4.78, 5) is 16.9. The van der Waals surface area contributed by atoms with E-state index in [9.17, 15) is 4.79 Å². The molecule has 1 N–H and O–H groups in total. The minimum atomic E-state index is -0.421. The van der Waals surface area contributed by atoms with Gasteiger partial charge in [0.1, 0.15) is 5.75 Å². The highest BCUT2D eigenvalue weighted by molar-refractivity contribution is 6.32. The van der Waals surface area contributed by atoms with Crippen molar-refractivity contribution in [2.75, 3.05) is 6.61 Å². The Morgan fingerprint density at radius 3 is 2.43 bits per heavy atom. The molecule has 0 saturated heterocycles. The second kappa shape index (κ2) is 9.94. The number of amides is 2. The standard InChI is InChI=1S/C25H29ClN2O2/c1-5-18-8-13-23(26)22(14-18)24(16(2)3)28-25(29)27-17(4)20-9-11-21(12-10-20)30-15-19-6-7-19/h8-14,19H,5-7,15H2,1-4H3,(H,28,29). The minimum Gasteiger partial charge on any atom is -0.493 e. The quantitative estimate of drug-likeness (QED) is 0.505. The Kier molecular flexibility index (Phi) is 7.33. The number of allylic oxidation sites excluding steroid dienone is 1. The van der Waals surface area contributed by atoms with Crippen LogP contribution in [-0.2, 0) is 6.42 Å². The number of hydrogen-bond acceptors (Lipinski definition) is 2. The number of halogens is 1. The van der Waals surface area contributed by atoms with Crippen molar-refractivity contribution in [2.24, 2.45) is 10.9 Å². The second-order valence-electron chi connectivity index (χ2n) is 7.95. The molecule has 0 aromatic heterocycles. The minimum absolute atomic E-state index is 0.421. The van der Waals surface area contributed by atoms with Crippen LogP contribution in [0.25, 0.3) is 5.70 Å². The van der Waals surface area contributed by atoms with Crippen LogP contribution in [0.2, 0.25) is 5.02 Å². The predicted molar refractivity (Wildman–Crippen MR) is 125 cm³/mol. The number of aryl methyl sites for hydroxylation is 1. The first kappa shape index (κ1) is 22.1. The Morgan fingerprint density at radius 1 is 1.13 bits per heavy atom. The lowest BCUT2D eigenvalue weighted by Crippen LogP contribution is -2.21. The number of benzene rings is 2. The van der Waals surface area contributed by atoms with Crippen molar-refractivity contribution in [1.29, 1.82) is 0 Å². The highest BCUT2D eigenvalue weighted by Crippen LogP contribution is 2.29. The molecule has 0 atom stereocenters. The van der Waals surface area contributed by atoms with Gasteiger partial charge in [-0.1, -0.05) is 30.2 Å². The molecular formula is C25H29ClN2O2. The molecule has 158 valence electrons. The maximum absolute atomic E-state index is 12.6. The van der Waals surface area contributed by atoms with Crippen molar-refractivity contribution >= 4 is 29.0 Å². The summed E-state index contributed by atoms with van der Waals surface area (Å²) in [6, 6.07) is 13.2. The first-order valence-corrected chi connectivity index (χ1v) is 10.8. The van der Waals surface area contributed by atoms with E-state index in [0.717, 1.165) is 41.0 Å². The Bertz CT molecular complexity index is 969. The van der Waals surface area contributed by atoms with Gasteiger partial charge in [-0.25, -0.2) is 4.79 Å². The molecule has 1 aliphatic carbocycles.